The van der Waals surface area contributed by atoms with E-state index in [0.29, 0.717) is 19.5 Å². The Morgan fingerprint density at radius 2 is 1.59 bits per heavy atom. The molecule has 3 aromatic carbocycles. The number of benzene rings is 3. The topological polar surface area (TPSA) is 50.4 Å². The molecule has 0 aromatic heterocycles. The van der Waals surface area contributed by atoms with Gasteiger partial charge in [0.25, 0.3) is 0 Å². The van der Waals surface area contributed by atoms with Crippen molar-refractivity contribution in [1.82, 2.24) is 5.32 Å². The maximum Gasteiger partial charge on any atom is 0.222 e. The van der Waals surface area contributed by atoms with Gasteiger partial charge < -0.3 is 15.4 Å². The van der Waals surface area contributed by atoms with Crippen molar-refractivity contribution in [3.8, 4) is 11.5 Å². The molecule has 3 aromatic rings. The van der Waals surface area contributed by atoms with E-state index in [9.17, 15) is 4.79 Å². The monoisotopic (exact) mass is 360 g/mol. The number of ether oxygens (including phenoxy) is 1. The molecule has 0 aliphatic rings. The van der Waals surface area contributed by atoms with Crippen molar-refractivity contribution in [3.05, 3.63) is 90.0 Å². The summed E-state index contributed by atoms with van der Waals surface area (Å²) >= 11 is 0. The maximum absolute atomic E-state index is 12.1. The molecule has 0 heterocycles. The lowest BCUT2D eigenvalue weighted by Crippen LogP contribution is -2.24. The van der Waals surface area contributed by atoms with Gasteiger partial charge in [-0.3, -0.25) is 4.79 Å². The van der Waals surface area contributed by atoms with Gasteiger partial charge in [0, 0.05) is 19.5 Å². The van der Waals surface area contributed by atoms with Crippen LogP contribution in [0.5, 0.6) is 11.5 Å². The quantitative estimate of drug-likeness (QED) is 0.600. The summed E-state index contributed by atoms with van der Waals surface area (Å²) in [7, 11) is 0. The van der Waals surface area contributed by atoms with Crippen molar-refractivity contribution in [3.63, 3.8) is 0 Å². The Kier molecular flexibility index (Phi) is 6.47. The van der Waals surface area contributed by atoms with E-state index in [-0.39, 0.29) is 5.91 Å². The Hall–Kier alpha value is -3.27. The highest BCUT2D eigenvalue weighted by Gasteiger charge is 2.06. The highest BCUT2D eigenvalue weighted by molar-refractivity contribution is 5.76. The minimum Gasteiger partial charge on any atom is -0.455 e. The van der Waals surface area contributed by atoms with Crippen LogP contribution in [0, 0.1) is 6.92 Å². The largest absolute Gasteiger partial charge is 0.455 e. The van der Waals surface area contributed by atoms with E-state index in [1.807, 2.05) is 85.8 Å². The fourth-order valence-electron chi connectivity index (χ4n) is 2.62. The predicted octanol–water partition coefficient (Wildman–Crippen LogP) is 4.91. The molecule has 0 aliphatic heterocycles. The van der Waals surface area contributed by atoms with Crippen LogP contribution in [-0.2, 0) is 11.3 Å². The Balaban J connectivity index is 1.47. The summed E-state index contributed by atoms with van der Waals surface area (Å²) < 4.78 is 5.92. The molecular formula is C23H24N2O2. The van der Waals surface area contributed by atoms with Crippen molar-refractivity contribution in [2.24, 2.45) is 0 Å². The standard InChI is InChI=1S/C23H24N2O2/c1-18-11-13-19(14-12-18)17-25-23(26)15-16-24-21-9-5-6-10-22(21)27-20-7-3-2-4-8-20/h2-14,24H,15-17H2,1H3,(H,25,26). The molecule has 0 atom stereocenters. The van der Waals surface area contributed by atoms with E-state index in [2.05, 4.69) is 10.6 Å². The fourth-order valence-corrected chi connectivity index (χ4v) is 2.62. The summed E-state index contributed by atoms with van der Waals surface area (Å²) in [6.07, 6.45) is 0.394. The zero-order chi connectivity index (χ0) is 18.9. The van der Waals surface area contributed by atoms with E-state index in [4.69, 9.17) is 4.74 Å². The van der Waals surface area contributed by atoms with E-state index in [1.54, 1.807) is 0 Å². The van der Waals surface area contributed by atoms with Crippen molar-refractivity contribution >= 4 is 11.6 Å². The lowest BCUT2D eigenvalue weighted by Gasteiger charge is -2.13. The molecule has 0 radical (unpaired) electrons. The van der Waals surface area contributed by atoms with Crippen LogP contribution in [-0.4, -0.2) is 12.5 Å². The Morgan fingerprint density at radius 3 is 2.37 bits per heavy atom. The molecule has 4 heteroatoms. The molecule has 0 unspecified atom stereocenters. The first-order valence-electron chi connectivity index (χ1n) is 9.09. The molecule has 4 nitrogen and oxygen atoms in total. The second-order valence-corrected chi connectivity index (χ2v) is 6.35. The average Bonchev–Trinajstić information content (AvgIpc) is 2.70. The van der Waals surface area contributed by atoms with Crippen LogP contribution >= 0.6 is 0 Å². The van der Waals surface area contributed by atoms with E-state index < -0.39 is 0 Å². The van der Waals surface area contributed by atoms with Crippen LogP contribution < -0.4 is 15.4 Å². The number of hydrogen-bond donors (Lipinski definition) is 2. The number of carbonyl (C=O) groups is 1. The molecule has 3 rings (SSSR count). The van der Waals surface area contributed by atoms with Gasteiger partial charge in [0.15, 0.2) is 5.75 Å². The zero-order valence-corrected chi connectivity index (χ0v) is 15.4. The van der Waals surface area contributed by atoms with E-state index >= 15 is 0 Å². The predicted molar refractivity (Wildman–Crippen MR) is 109 cm³/mol. The smallest absolute Gasteiger partial charge is 0.222 e. The molecule has 2 N–H and O–H groups in total. The highest BCUT2D eigenvalue weighted by Crippen LogP contribution is 2.28. The number of amides is 1. The second kappa shape index (κ2) is 9.43. The number of aryl methyl sites for hydroxylation is 1. The minimum atomic E-state index is 0.0181. The lowest BCUT2D eigenvalue weighted by atomic mass is 10.1. The van der Waals surface area contributed by atoms with Crippen molar-refractivity contribution in [2.45, 2.75) is 19.9 Å². The molecule has 27 heavy (non-hydrogen) atoms. The fraction of sp³-hybridized carbons (Fsp3) is 0.174. The van der Waals surface area contributed by atoms with Gasteiger partial charge in [0.05, 0.1) is 5.69 Å². The lowest BCUT2D eigenvalue weighted by molar-refractivity contribution is -0.121. The van der Waals surface area contributed by atoms with Gasteiger partial charge in [0.1, 0.15) is 5.75 Å². The molecule has 0 saturated heterocycles. The highest BCUT2D eigenvalue weighted by atomic mass is 16.5. The van der Waals surface area contributed by atoms with Crippen molar-refractivity contribution in [1.29, 1.82) is 0 Å². The first-order chi connectivity index (χ1) is 13.2. The molecule has 0 aliphatic carbocycles. The second-order valence-electron chi connectivity index (χ2n) is 6.35. The van der Waals surface area contributed by atoms with Gasteiger partial charge in [0.2, 0.25) is 5.91 Å². The van der Waals surface area contributed by atoms with Crippen molar-refractivity contribution in [2.75, 3.05) is 11.9 Å². The summed E-state index contributed by atoms with van der Waals surface area (Å²) in [5.41, 5.74) is 3.18. The number of rotatable bonds is 8. The maximum atomic E-state index is 12.1. The zero-order valence-electron chi connectivity index (χ0n) is 15.4. The summed E-state index contributed by atoms with van der Waals surface area (Å²) in [6, 6.07) is 25.5. The van der Waals surface area contributed by atoms with Crippen LogP contribution in [0.3, 0.4) is 0 Å². The average molecular weight is 360 g/mol. The van der Waals surface area contributed by atoms with Crippen LogP contribution in [0.1, 0.15) is 17.5 Å². The van der Waals surface area contributed by atoms with Gasteiger partial charge in [-0.05, 0) is 36.8 Å². The SMILES string of the molecule is Cc1ccc(CNC(=O)CCNc2ccccc2Oc2ccccc2)cc1. The first kappa shape index (κ1) is 18.5. The molecular weight excluding hydrogens is 336 g/mol. The third-order valence-electron chi connectivity index (χ3n) is 4.14. The molecule has 0 saturated carbocycles. The summed E-state index contributed by atoms with van der Waals surface area (Å²) in [5.74, 6) is 1.54. The Morgan fingerprint density at radius 1 is 0.889 bits per heavy atom. The van der Waals surface area contributed by atoms with Crippen LogP contribution in [0.2, 0.25) is 0 Å². The summed E-state index contributed by atoms with van der Waals surface area (Å²) in [5, 5.41) is 6.23. The number of para-hydroxylation sites is 3. The number of nitrogens with one attached hydrogen (secondary N) is 2. The number of hydrogen-bond acceptors (Lipinski definition) is 3. The molecule has 1 amide bonds. The molecule has 0 bridgehead atoms. The summed E-state index contributed by atoms with van der Waals surface area (Å²) in [6.45, 7) is 3.13. The normalized spacial score (nSPS) is 10.3. The van der Waals surface area contributed by atoms with Crippen LogP contribution in [0.4, 0.5) is 5.69 Å². The van der Waals surface area contributed by atoms with Gasteiger partial charge in [-0.2, -0.15) is 0 Å². The molecule has 0 fully saturated rings. The van der Waals surface area contributed by atoms with E-state index in [1.165, 1.54) is 5.56 Å². The number of carbonyl (C=O) groups excluding carboxylic acids is 1. The van der Waals surface area contributed by atoms with Crippen LogP contribution in [0.15, 0.2) is 78.9 Å². The van der Waals surface area contributed by atoms with Gasteiger partial charge in [-0.1, -0.05) is 60.2 Å². The molecule has 138 valence electrons. The number of anilines is 1. The Bertz CT molecular complexity index is 861. The minimum absolute atomic E-state index is 0.0181. The van der Waals surface area contributed by atoms with Gasteiger partial charge >= 0.3 is 0 Å². The van der Waals surface area contributed by atoms with Crippen molar-refractivity contribution < 1.29 is 9.53 Å². The Labute approximate surface area is 160 Å². The van der Waals surface area contributed by atoms with E-state index in [0.717, 1.165) is 22.7 Å². The van der Waals surface area contributed by atoms with Crippen LogP contribution in [0.25, 0.3) is 0 Å². The van der Waals surface area contributed by atoms with Gasteiger partial charge in [-0.15, -0.1) is 0 Å². The third kappa shape index (κ3) is 5.89. The molecule has 0 spiro atoms. The summed E-state index contributed by atoms with van der Waals surface area (Å²) in [4.78, 5) is 12.1. The third-order valence-corrected chi connectivity index (χ3v) is 4.14. The first-order valence-corrected chi connectivity index (χ1v) is 9.09. The van der Waals surface area contributed by atoms with Gasteiger partial charge in [-0.25, -0.2) is 0 Å².